The molecule has 9 nitrogen and oxygen atoms in total. The summed E-state index contributed by atoms with van der Waals surface area (Å²) in [5, 5.41) is 14.1. The van der Waals surface area contributed by atoms with Crippen LogP contribution in [0.15, 0.2) is 79.0 Å². The van der Waals surface area contributed by atoms with Crippen molar-refractivity contribution in [2.45, 2.75) is 20.0 Å². The number of carbonyl (C=O) groups is 2. The molecule has 0 aromatic heterocycles. The Hall–Kier alpha value is -4.63. The van der Waals surface area contributed by atoms with Crippen LogP contribution in [0.25, 0.3) is 6.08 Å². The second-order valence-electron chi connectivity index (χ2n) is 8.26. The van der Waals surface area contributed by atoms with E-state index in [0.29, 0.717) is 46.4 Å². The number of nitrogens with one attached hydrogen (secondary N) is 1. The quantitative estimate of drug-likeness (QED) is 0.112. The number of non-ortho nitro benzene ring substituents is 1. The van der Waals surface area contributed by atoms with Crippen LogP contribution in [-0.2, 0) is 17.8 Å². The highest BCUT2D eigenvalue weighted by molar-refractivity contribution is 6.32. The van der Waals surface area contributed by atoms with Crippen molar-refractivity contribution in [1.29, 1.82) is 0 Å². The first-order valence-electron chi connectivity index (χ1n) is 11.7. The molecule has 1 N–H and O–H groups in total. The first-order valence-corrected chi connectivity index (χ1v) is 12.1. The summed E-state index contributed by atoms with van der Waals surface area (Å²) in [5.74, 6) is 0.363. The largest absolute Gasteiger partial charge is 0.490 e. The van der Waals surface area contributed by atoms with Gasteiger partial charge >= 0.3 is 6.03 Å². The molecular formula is C28H24ClN3O6. The van der Waals surface area contributed by atoms with E-state index >= 15 is 0 Å². The normalized spacial score (nSPS) is 13.9. The van der Waals surface area contributed by atoms with E-state index in [-0.39, 0.29) is 18.0 Å². The molecule has 194 valence electrons. The molecule has 1 fully saturated rings. The van der Waals surface area contributed by atoms with Crippen LogP contribution in [0.2, 0.25) is 5.02 Å². The number of amides is 3. The average molecular weight is 534 g/mol. The standard InChI is InChI=1S/C28H24ClN3O6/c1-3-7-20-12-19(14-24-27(33)31(28(34)30-24)22-10-6-9-21(29)16-22)15-25(37-4-2)26(20)38-17-18-8-5-11-23(13-18)32(35)36/h3,5-6,8-16H,1,4,7,17H2,2H3,(H,30,34)/b24-14+. The molecule has 0 radical (unpaired) electrons. The summed E-state index contributed by atoms with van der Waals surface area (Å²) in [6, 6.07) is 15.6. The lowest BCUT2D eigenvalue weighted by molar-refractivity contribution is -0.384. The zero-order chi connectivity index (χ0) is 27.2. The molecule has 1 saturated heterocycles. The summed E-state index contributed by atoms with van der Waals surface area (Å²) < 4.78 is 11.9. The Balaban J connectivity index is 1.66. The number of allylic oxidation sites excluding steroid dienone is 1. The van der Waals surface area contributed by atoms with Crippen molar-refractivity contribution in [3.63, 3.8) is 0 Å². The van der Waals surface area contributed by atoms with Crippen LogP contribution in [0, 0.1) is 10.1 Å². The minimum Gasteiger partial charge on any atom is -0.490 e. The van der Waals surface area contributed by atoms with E-state index in [0.717, 1.165) is 10.5 Å². The average Bonchev–Trinajstić information content (AvgIpc) is 3.16. The number of nitro groups is 1. The zero-order valence-electron chi connectivity index (χ0n) is 20.5. The van der Waals surface area contributed by atoms with Gasteiger partial charge in [0.2, 0.25) is 0 Å². The SMILES string of the molecule is C=CCc1cc(/C=C2/NC(=O)N(c3cccc(Cl)c3)C2=O)cc(OCC)c1OCc1cccc([N+](=O)[O-])c1. The fourth-order valence-corrected chi connectivity index (χ4v) is 4.15. The van der Waals surface area contributed by atoms with E-state index < -0.39 is 16.9 Å². The van der Waals surface area contributed by atoms with Crippen molar-refractivity contribution in [2.75, 3.05) is 11.5 Å². The number of carbonyl (C=O) groups excluding carboxylic acids is 2. The summed E-state index contributed by atoms with van der Waals surface area (Å²) in [6.07, 6.45) is 3.69. The fourth-order valence-electron chi connectivity index (χ4n) is 3.97. The van der Waals surface area contributed by atoms with Crippen molar-refractivity contribution in [1.82, 2.24) is 5.32 Å². The van der Waals surface area contributed by atoms with Gasteiger partial charge in [-0.15, -0.1) is 6.58 Å². The molecule has 0 spiro atoms. The van der Waals surface area contributed by atoms with Gasteiger partial charge in [0.1, 0.15) is 12.3 Å². The number of nitrogens with zero attached hydrogens (tertiary/aromatic N) is 2. The van der Waals surface area contributed by atoms with E-state index in [1.165, 1.54) is 18.2 Å². The molecule has 0 bridgehead atoms. The van der Waals surface area contributed by atoms with E-state index in [9.17, 15) is 19.7 Å². The molecule has 3 aromatic carbocycles. The molecule has 0 aliphatic carbocycles. The number of imide groups is 1. The number of benzene rings is 3. The lowest BCUT2D eigenvalue weighted by Gasteiger charge is -2.17. The van der Waals surface area contributed by atoms with Gasteiger partial charge in [0.15, 0.2) is 11.5 Å². The monoisotopic (exact) mass is 533 g/mol. The molecular weight excluding hydrogens is 510 g/mol. The van der Waals surface area contributed by atoms with Crippen LogP contribution in [0.3, 0.4) is 0 Å². The molecule has 3 aromatic rings. The van der Waals surface area contributed by atoms with Gasteiger partial charge in [-0.3, -0.25) is 14.9 Å². The first-order chi connectivity index (χ1) is 18.3. The summed E-state index contributed by atoms with van der Waals surface area (Å²) in [7, 11) is 0. The van der Waals surface area contributed by atoms with Crippen molar-refractivity contribution in [3.05, 3.63) is 111 Å². The minimum atomic E-state index is -0.586. The maximum atomic E-state index is 13.1. The Morgan fingerprint density at radius 3 is 2.61 bits per heavy atom. The third-order valence-corrected chi connectivity index (χ3v) is 5.81. The fraction of sp³-hybridized carbons (Fsp3) is 0.143. The first kappa shape index (κ1) is 26.4. The van der Waals surface area contributed by atoms with Gasteiger partial charge in [0.25, 0.3) is 11.6 Å². The highest BCUT2D eigenvalue weighted by Crippen LogP contribution is 2.36. The molecule has 4 rings (SSSR count). The Morgan fingerprint density at radius 1 is 1.11 bits per heavy atom. The van der Waals surface area contributed by atoms with E-state index in [2.05, 4.69) is 11.9 Å². The van der Waals surface area contributed by atoms with Gasteiger partial charge < -0.3 is 14.8 Å². The number of nitro benzene ring substituents is 1. The van der Waals surface area contributed by atoms with E-state index in [4.69, 9.17) is 21.1 Å². The molecule has 10 heteroatoms. The summed E-state index contributed by atoms with van der Waals surface area (Å²) in [6.45, 7) is 6.06. The molecule has 0 saturated carbocycles. The highest BCUT2D eigenvalue weighted by Gasteiger charge is 2.35. The zero-order valence-corrected chi connectivity index (χ0v) is 21.2. The van der Waals surface area contributed by atoms with Gasteiger partial charge in [-0.25, -0.2) is 9.69 Å². The Kier molecular flexibility index (Phi) is 8.08. The second-order valence-corrected chi connectivity index (χ2v) is 8.69. The van der Waals surface area contributed by atoms with Gasteiger partial charge in [0, 0.05) is 22.7 Å². The Bertz CT molecular complexity index is 1450. The molecule has 0 unspecified atom stereocenters. The van der Waals surface area contributed by atoms with Crippen LogP contribution < -0.4 is 19.7 Å². The minimum absolute atomic E-state index is 0.0282. The number of halogens is 1. The van der Waals surface area contributed by atoms with Crippen molar-refractivity contribution in [3.8, 4) is 11.5 Å². The number of hydrogen-bond acceptors (Lipinski definition) is 6. The number of rotatable bonds is 10. The van der Waals surface area contributed by atoms with Crippen molar-refractivity contribution < 1.29 is 24.0 Å². The number of hydrogen-bond donors (Lipinski definition) is 1. The third-order valence-electron chi connectivity index (χ3n) is 5.58. The maximum Gasteiger partial charge on any atom is 0.333 e. The summed E-state index contributed by atoms with van der Waals surface area (Å²) >= 11 is 6.03. The van der Waals surface area contributed by atoms with Crippen LogP contribution in [0.1, 0.15) is 23.6 Å². The van der Waals surface area contributed by atoms with E-state index in [1.807, 2.05) is 13.0 Å². The van der Waals surface area contributed by atoms with Gasteiger partial charge in [0.05, 0.1) is 17.2 Å². The molecule has 38 heavy (non-hydrogen) atoms. The lowest BCUT2D eigenvalue weighted by Crippen LogP contribution is -2.30. The number of ether oxygens (including phenoxy) is 2. The van der Waals surface area contributed by atoms with Crippen molar-refractivity contribution in [2.24, 2.45) is 0 Å². The Labute approximate surface area is 224 Å². The molecule has 1 aliphatic rings. The summed E-state index contributed by atoms with van der Waals surface area (Å²) in [4.78, 5) is 37.3. The van der Waals surface area contributed by atoms with E-state index in [1.54, 1.807) is 48.6 Å². The second kappa shape index (κ2) is 11.6. The van der Waals surface area contributed by atoms with Crippen LogP contribution in [-0.4, -0.2) is 23.5 Å². The maximum absolute atomic E-state index is 13.1. The molecule has 0 atom stereocenters. The van der Waals surface area contributed by atoms with Crippen molar-refractivity contribution >= 4 is 41.0 Å². The smallest absolute Gasteiger partial charge is 0.333 e. The predicted molar refractivity (Wildman–Crippen MR) is 144 cm³/mol. The lowest BCUT2D eigenvalue weighted by atomic mass is 10.0. The predicted octanol–water partition coefficient (Wildman–Crippen LogP) is 6.05. The molecule has 1 aliphatic heterocycles. The van der Waals surface area contributed by atoms with Crippen LogP contribution >= 0.6 is 11.6 Å². The third kappa shape index (κ3) is 5.84. The summed E-state index contributed by atoms with van der Waals surface area (Å²) in [5.41, 5.74) is 2.37. The van der Waals surface area contributed by atoms with Crippen LogP contribution in [0.5, 0.6) is 11.5 Å². The van der Waals surface area contributed by atoms with Gasteiger partial charge in [-0.05, 0) is 60.9 Å². The number of urea groups is 1. The van der Waals surface area contributed by atoms with Crippen LogP contribution in [0.4, 0.5) is 16.2 Å². The molecule has 1 heterocycles. The highest BCUT2D eigenvalue weighted by atomic mass is 35.5. The van der Waals surface area contributed by atoms with Gasteiger partial charge in [-0.2, -0.15) is 0 Å². The van der Waals surface area contributed by atoms with Gasteiger partial charge in [-0.1, -0.05) is 35.9 Å². The topological polar surface area (TPSA) is 111 Å². The number of anilines is 1. The molecule has 3 amide bonds. The Morgan fingerprint density at radius 2 is 1.89 bits per heavy atom.